The van der Waals surface area contributed by atoms with Gasteiger partial charge in [0.1, 0.15) is 11.2 Å². The van der Waals surface area contributed by atoms with Crippen molar-refractivity contribution in [3.63, 3.8) is 0 Å². The predicted octanol–water partition coefficient (Wildman–Crippen LogP) is 15.2. The van der Waals surface area contributed by atoms with E-state index >= 15 is 0 Å². The largest absolute Gasteiger partial charge is 0.455 e. The van der Waals surface area contributed by atoms with Crippen LogP contribution in [0.3, 0.4) is 0 Å². The lowest BCUT2D eigenvalue weighted by Gasteiger charge is -2.12. The summed E-state index contributed by atoms with van der Waals surface area (Å²) in [5.41, 5.74) is 15.9. The smallest absolute Gasteiger partial charge is 0.164 e. The van der Waals surface area contributed by atoms with Crippen LogP contribution in [-0.2, 0) is 0 Å². The molecule has 0 fully saturated rings. The second-order valence-corrected chi connectivity index (χ2v) is 16.1. The van der Waals surface area contributed by atoms with Gasteiger partial charge >= 0.3 is 0 Å². The van der Waals surface area contributed by atoms with E-state index in [1.807, 2.05) is 66.7 Å². The maximum atomic E-state index is 6.66. The second-order valence-electron chi connectivity index (χ2n) is 16.1. The molecule has 3 aromatic heterocycles. The molecule has 63 heavy (non-hydrogen) atoms. The standard InChI is InChI=1S/C58H38N4O/c1-37-26-31-53-50(32-37)47-22-8-10-24-52(47)62(53)46-21-13-19-43(34-46)45-35-49(55-51(36-45)48-23-9-11-25-54(48)63-55)39-29-27-38(28-30-39)42-18-12-20-44(33-42)58-60-56(40-14-4-2-5-15-40)59-57(61-58)41-16-6-3-7-17-41/h2-36H,1H3. The van der Waals surface area contributed by atoms with E-state index in [1.165, 1.54) is 27.4 Å². The molecule has 0 N–H and O–H groups in total. The minimum Gasteiger partial charge on any atom is -0.455 e. The zero-order valence-electron chi connectivity index (χ0n) is 34.4. The summed E-state index contributed by atoms with van der Waals surface area (Å²) in [7, 11) is 0. The van der Waals surface area contributed by atoms with Gasteiger partial charge in [0.05, 0.1) is 11.0 Å². The lowest BCUT2D eigenvalue weighted by molar-refractivity contribution is 0.670. The number of para-hydroxylation sites is 2. The van der Waals surface area contributed by atoms with Crippen molar-refractivity contribution in [2.24, 2.45) is 0 Å². The minimum atomic E-state index is 0.627. The highest BCUT2D eigenvalue weighted by Gasteiger charge is 2.18. The van der Waals surface area contributed by atoms with E-state index in [1.54, 1.807) is 0 Å². The number of aromatic nitrogens is 4. The van der Waals surface area contributed by atoms with E-state index in [0.717, 1.165) is 77.7 Å². The molecule has 0 saturated carbocycles. The lowest BCUT2D eigenvalue weighted by atomic mass is 9.94. The fourth-order valence-corrected chi connectivity index (χ4v) is 9.02. The van der Waals surface area contributed by atoms with Crippen LogP contribution in [0, 0.1) is 6.92 Å². The zero-order valence-corrected chi connectivity index (χ0v) is 34.4. The van der Waals surface area contributed by atoms with Crippen molar-refractivity contribution in [1.29, 1.82) is 0 Å². The molecule has 0 amide bonds. The van der Waals surface area contributed by atoms with Crippen LogP contribution < -0.4 is 0 Å². The molecule has 0 unspecified atom stereocenters. The van der Waals surface area contributed by atoms with Gasteiger partial charge in [0, 0.05) is 49.5 Å². The number of nitrogens with zero attached hydrogens (tertiary/aromatic N) is 4. The zero-order chi connectivity index (χ0) is 41.9. The first-order valence-electron chi connectivity index (χ1n) is 21.3. The van der Waals surface area contributed by atoms with Crippen molar-refractivity contribution in [3.05, 3.63) is 218 Å². The third-order valence-corrected chi connectivity index (χ3v) is 12.1. The van der Waals surface area contributed by atoms with Crippen LogP contribution in [0.4, 0.5) is 0 Å². The van der Waals surface area contributed by atoms with Crippen LogP contribution in [0.15, 0.2) is 217 Å². The highest BCUT2D eigenvalue weighted by Crippen LogP contribution is 2.41. The first kappa shape index (κ1) is 36.4. The maximum Gasteiger partial charge on any atom is 0.164 e. The fraction of sp³-hybridized carbons (Fsp3) is 0.0172. The average molecular weight is 807 g/mol. The molecule has 296 valence electrons. The van der Waals surface area contributed by atoms with Crippen molar-refractivity contribution < 1.29 is 4.42 Å². The van der Waals surface area contributed by atoms with E-state index in [2.05, 4.69) is 157 Å². The summed E-state index contributed by atoms with van der Waals surface area (Å²) in [5, 5.41) is 4.71. The number of aryl methyl sites for hydroxylation is 1. The third kappa shape index (κ3) is 6.46. The summed E-state index contributed by atoms with van der Waals surface area (Å²) in [4.78, 5) is 14.9. The van der Waals surface area contributed by atoms with Gasteiger partial charge in [-0.1, -0.05) is 163 Å². The van der Waals surface area contributed by atoms with Gasteiger partial charge < -0.3 is 8.98 Å². The maximum absolute atomic E-state index is 6.66. The van der Waals surface area contributed by atoms with Crippen LogP contribution in [-0.4, -0.2) is 19.5 Å². The molecule has 0 aliphatic heterocycles. The third-order valence-electron chi connectivity index (χ3n) is 12.1. The van der Waals surface area contributed by atoms with Gasteiger partial charge in [0.2, 0.25) is 0 Å². The summed E-state index contributed by atoms with van der Waals surface area (Å²) in [6.45, 7) is 2.16. The number of hydrogen-bond acceptors (Lipinski definition) is 4. The molecular formula is C58H38N4O. The van der Waals surface area contributed by atoms with Gasteiger partial charge in [0.15, 0.2) is 17.5 Å². The summed E-state index contributed by atoms with van der Waals surface area (Å²) < 4.78 is 9.05. The van der Waals surface area contributed by atoms with Gasteiger partial charge in [-0.2, -0.15) is 0 Å². The van der Waals surface area contributed by atoms with E-state index in [4.69, 9.17) is 19.4 Å². The molecule has 0 aliphatic rings. The Bertz CT molecular complexity index is 3620. The van der Waals surface area contributed by atoms with E-state index in [0.29, 0.717) is 17.5 Å². The van der Waals surface area contributed by atoms with Crippen molar-refractivity contribution >= 4 is 43.7 Å². The normalized spacial score (nSPS) is 11.6. The van der Waals surface area contributed by atoms with Crippen LogP contribution in [0.5, 0.6) is 0 Å². The second kappa shape index (κ2) is 14.9. The molecule has 12 aromatic rings. The predicted molar refractivity (Wildman–Crippen MR) is 259 cm³/mol. The average Bonchev–Trinajstić information content (AvgIpc) is 3.90. The Balaban J connectivity index is 0.946. The molecule has 0 spiro atoms. The molecule has 5 heteroatoms. The summed E-state index contributed by atoms with van der Waals surface area (Å²) in [5.74, 6) is 1.91. The van der Waals surface area contributed by atoms with Crippen LogP contribution in [0.25, 0.3) is 117 Å². The number of rotatable bonds is 7. The summed E-state index contributed by atoms with van der Waals surface area (Å²) in [6, 6.07) is 74.6. The SMILES string of the molecule is Cc1ccc2c(c1)c1ccccc1n2-c1cccc(-c2cc(-c3ccc(-c4cccc(-c5nc(-c6ccccc6)nc(-c6ccccc6)n5)c4)cc3)c3oc4ccccc4c3c2)c1. The van der Waals surface area contributed by atoms with Gasteiger partial charge in [-0.05, 0) is 89.3 Å². The lowest BCUT2D eigenvalue weighted by Crippen LogP contribution is -2.00. The van der Waals surface area contributed by atoms with E-state index in [-0.39, 0.29) is 0 Å². The molecule has 0 aliphatic carbocycles. The van der Waals surface area contributed by atoms with Crippen molar-refractivity contribution in [3.8, 4) is 73.2 Å². The van der Waals surface area contributed by atoms with Crippen molar-refractivity contribution in [2.45, 2.75) is 6.92 Å². The first-order valence-corrected chi connectivity index (χ1v) is 21.3. The van der Waals surface area contributed by atoms with Crippen LogP contribution >= 0.6 is 0 Å². The Hall–Kier alpha value is -8.41. The highest BCUT2D eigenvalue weighted by atomic mass is 16.3. The molecule has 3 heterocycles. The number of benzene rings is 9. The Morgan fingerprint density at radius 3 is 1.67 bits per heavy atom. The highest BCUT2D eigenvalue weighted by molar-refractivity contribution is 6.12. The summed E-state index contributed by atoms with van der Waals surface area (Å²) >= 11 is 0. The number of hydrogen-bond donors (Lipinski definition) is 0. The molecular weight excluding hydrogens is 769 g/mol. The molecule has 12 rings (SSSR count). The van der Waals surface area contributed by atoms with Gasteiger partial charge in [0.25, 0.3) is 0 Å². The number of furan rings is 1. The fourth-order valence-electron chi connectivity index (χ4n) is 9.02. The van der Waals surface area contributed by atoms with Crippen LogP contribution in [0.1, 0.15) is 5.56 Å². The Labute approximate surface area is 364 Å². The molecule has 9 aromatic carbocycles. The molecule has 0 atom stereocenters. The number of fused-ring (bicyclic) bond motifs is 6. The molecule has 0 saturated heterocycles. The monoisotopic (exact) mass is 806 g/mol. The topological polar surface area (TPSA) is 56.7 Å². The van der Waals surface area contributed by atoms with Gasteiger partial charge in [-0.25, -0.2) is 15.0 Å². The minimum absolute atomic E-state index is 0.627. The van der Waals surface area contributed by atoms with E-state index < -0.39 is 0 Å². The van der Waals surface area contributed by atoms with Crippen LogP contribution in [0.2, 0.25) is 0 Å². The Morgan fingerprint density at radius 2 is 0.921 bits per heavy atom. The molecule has 5 nitrogen and oxygen atoms in total. The quantitative estimate of drug-likeness (QED) is 0.161. The van der Waals surface area contributed by atoms with E-state index in [9.17, 15) is 0 Å². The molecule has 0 radical (unpaired) electrons. The van der Waals surface area contributed by atoms with Gasteiger partial charge in [-0.3, -0.25) is 0 Å². The van der Waals surface area contributed by atoms with Crippen molar-refractivity contribution in [2.75, 3.05) is 0 Å². The molecule has 0 bridgehead atoms. The van der Waals surface area contributed by atoms with Crippen molar-refractivity contribution in [1.82, 2.24) is 19.5 Å². The first-order chi connectivity index (χ1) is 31.1. The van der Waals surface area contributed by atoms with Gasteiger partial charge in [-0.15, -0.1) is 0 Å². The Kier molecular flexibility index (Phi) is 8.64. The Morgan fingerprint density at radius 1 is 0.349 bits per heavy atom. The summed E-state index contributed by atoms with van der Waals surface area (Å²) in [6.07, 6.45) is 0.